The third kappa shape index (κ3) is 5.45. The van der Waals surface area contributed by atoms with Crippen LogP contribution in [0.2, 0.25) is 0 Å². The Morgan fingerprint density at radius 2 is 1.62 bits per heavy atom. The molecule has 3 N–H and O–H groups in total. The predicted molar refractivity (Wildman–Crippen MR) is 118 cm³/mol. The SMILES string of the molecule is CC[C@@H](NC(=O)CC(CNC(=O)OCC1c2ccccc2-c2ccccc21)OC)C(=O)O. The van der Waals surface area contributed by atoms with Crippen LogP contribution in [0.3, 0.4) is 0 Å². The molecule has 2 aromatic rings. The van der Waals surface area contributed by atoms with Crippen LogP contribution in [-0.4, -0.2) is 55.5 Å². The number of aliphatic carboxylic acids is 1. The van der Waals surface area contributed by atoms with Crippen LogP contribution in [0.15, 0.2) is 48.5 Å². The Balaban J connectivity index is 1.51. The normalized spacial score (nSPS) is 14.1. The molecular formula is C24H28N2O6. The van der Waals surface area contributed by atoms with Gasteiger partial charge in [-0.15, -0.1) is 0 Å². The molecule has 1 aliphatic rings. The standard InChI is InChI=1S/C24H28N2O6/c1-3-21(23(28)29)26-22(27)12-15(31-2)13-25-24(30)32-14-20-18-10-6-4-8-16(18)17-9-5-7-11-19(17)20/h4-11,15,20-21H,3,12-14H2,1-2H3,(H,25,30)(H,26,27)(H,28,29)/t15?,21-/m1/s1. The highest BCUT2D eigenvalue weighted by molar-refractivity contribution is 5.83. The monoisotopic (exact) mass is 440 g/mol. The van der Waals surface area contributed by atoms with Gasteiger partial charge < -0.3 is 25.2 Å². The first-order valence-corrected chi connectivity index (χ1v) is 10.6. The largest absolute Gasteiger partial charge is 0.480 e. The number of carboxylic acid groups (broad SMARTS) is 1. The summed E-state index contributed by atoms with van der Waals surface area (Å²) in [4.78, 5) is 35.4. The summed E-state index contributed by atoms with van der Waals surface area (Å²) in [5.74, 6) is -1.59. The van der Waals surface area contributed by atoms with Crippen molar-refractivity contribution in [2.45, 2.75) is 37.8 Å². The summed E-state index contributed by atoms with van der Waals surface area (Å²) in [6, 6.07) is 15.2. The van der Waals surface area contributed by atoms with Gasteiger partial charge in [-0.05, 0) is 28.7 Å². The number of fused-ring (bicyclic) bond motifs is 3. The van der Waals surface area contributed by atoms with E-state index < -0.39 is 30.1 Å². The topological polar surface area (TPSA) is 114 Å². The van der Waals surface area contributed by atoms with Crippen molar-refractivity contribution < 1.29 is 29.0 Å². The third-order valence-electron chi connectivity index (χ3n) is 5.61. The lowest BCUT2D eigenvalue weighted by Gasteiger charge is -2.18. The molecular weight excluding hydrogens is 412 g/mol. The van der Waals surface area contributed by atoms with Crippen molar-refractivity contribution in [3.63, 3.8) is 0 Å². The fourth-order valence-electron chi connectivity index (χ4n) is 3.88. The first-order valence-electron chi connectivity index (χ1n) is 10.6. The molecule has 0 aromatic heterocycles. The van der Waals surface area contributed by atoms with Crippen molar-refractivity contribution in [1.82, 2.24) is 10.6 Å². The molecule has 2 aromatic carbocycles. The van der Waals surface area contributed by atoms with E-state index in [4.69, 9.17) is 14.6 Å². The number of hydrogen-bond acceptors (Lipinski definition) is 5. The van der Waals surface area contributed by atoms with Crippen LogP contribution in [0.25, 0.3) is 11.1 Å². The van der Waals surface area contributed by atoms with E-state index in [1.165, 1.54) is 7.11 Å². The average Bonchev–Trinajstić information content (AvgIpc) is 3.12. The fraction of sp³-hybridized carbons (Fsp3) is 0.375. The zero-order valence-electron chi connectivity index (χ0n) is 18.2. The summed E-state index contributed by atoms with van der Waals surface area (Å²) in [5, 5.41) is 14.1. The number of carbonyl (C=O) groups excluding carboxylic acids is 2. The molecule has 0 heterocycles. The Bertz CT molecular complexity index is 931. The van der Waals surface area contributed by atoms with Crippen LogP contribution >= 0.6 is 0 Å². The van der Waals surface area contributed by atoms with Gasteiger partial charge in [0.1, 0.15) is 12.6 Å². The minimum atomic E-state index is -1.09. The van der Waals surface area contributed by atoms with Crippen molar-refractivity contribution >= 4 is 18.0 Å². The van der Waals surface area contributed by atoms with Crippen LogP contribution in [0.5, 0.6) is 0 Å². The lowest BCUT2D eigenvalue weighted by molar-refractivity contribution is -0.142. The first kappa shape index (κ1) is 23.3. The maximum atomic E-state index is 12.3. The molecule has 1 aliphatic carbocycles. The molecule has 0 fully saturated rings. The molecule has 0 radical (unpaired) electrons. The molecule has 0 spiro atoms. The summed E-state index contributed by atoms with van der Waals surface area (Å²) in [6.07, 6.45) is -1.02. The molecule has 0 saturated carbocycles. The van der Waals surface area contributed by atoms with Crippen LogP contribution in [0, 0.1) is 0 Å². The van der Waals surface area contributed by atoms with E-state index in [0.29, 0.717) is 0 Å². The summed E-state index contributed by atoms with van der Waals surface area (Å²) < 4.78 is 10.7. The minimum absolute atomic E-state index is 0.0425. The van der Waals surface area contributed by atoms with Crippen molar-refractivity contribution in [2.75, 3.05) is 20.3 Å². The maximum Gasteiger partial charge on any atom is 0.407 e. The average molecular weight is 440 g/mol. The summed E-state index contributed by atoms with van der Waals surface area (Å²) in [6.45, 7) is 1.92. The molecule has 32 heavy (non-hydrogen) atoms. The van der Waals surface area contributed by atoms with Gasteiger partial charge in [-0.25, -0.2) is 9.59 Å². The van der Waals surface area contributed by atoms with E-state index in [0.717, 1.165) is 22.3 Å². The Kier molecular flexibility index (Phi) is 7.83. The summed E-state index contributed by atoms with van der Waals surface area (Å²) in [7, 11) is 1.42. The van der Waals surface area contributed by atoms with Gasteiger partial charge in [-0.1, -0.05) is 55.5 Å². The van der Waals surface area contributed by atoms with E-state index in [2.05, 4.69) is 22.8 Å². The minimum Gasteiger partial charge on any atom is -0.480 e. The molecule has 170 valence electrons. The quantitative estimate of drug-likeness (QED) is 0.524. The smallest absolute Gasteiger partial charge is 0.407 e. The van der Waals surface area contributed by atoms with Gasteiger partial charge in [-0.2, -0.15) is 0 Å². The van der Waals surface area contributed by atoms with Crippen LogP contribution < -0.4 is 10.6 Å². The first-order chi connectivity index (χ1) is 15.4. The number of alkyl carbamates (subject to hydrolysis) is 1. The van der Waals surface area contributed by atoms with Crippen molar-refractivity contribution in [3.05, 3.63) is 59.7 Å². The molecule has 0 bridgehead atoms. The van der Waals surface area contributed by atoms with E-state index in [1.807, 2.05) is 36.4 Å². The number of methoxy groups -OCH3 is 1. The number of amides is 2. The van der Waals surface area contributed by atoms with E-state index in [9.17, 15) is 14.4 Å². The Hall–Kier alpha value is -3.39. The Morgan fingerprint density at radius 3 is 2.16 bits per heavy atom. The van der Waals surface area contributed by atoms with Crippen LogP contribution in [-0.2, 0) is 19.1 Å². The third-order valence-corrected chi connectivity index (χ3v) is 5.61. The number of ether oxygens (including phenoxy) is 2. The summed E-state index contributed by atoms with van der Waals surface area (Å²) >= 11 is 0. The number of benzene rings is 2. The van der Waals surface area contributed by atoms with Gasteiger partial charge >= 0.3 is 12.1 Å². The summed E-state index contributed by atoms with van der Waals surface area (Å²) in [5.41, 5.74) is 4.54. The predicted octanol–water partition coefficient (Wildman–Crippen LogP) is 2.91. The molecule has 2 amide bonds. The van der Waals surface area contributed by atoms with Crippen LogP contribution in [0.1, 0.15) is 36.8 Å². The molecule has 2 atom stereocenters. The Labute approximate surface area is 186 Å². The number of hydrogen-bond donors (Lipinski definition) is 3. The molecule has 1 unspecified atom stereocenters. The van der Waals surface area contributed by atoms with Gasteiger partial charge in [0.25, 0.3) is 0 Å². The van der Waals surface area contributed by atoms with Crippen molar-refractivity contribution in [2.24, 2.45) is 0 Å². The maximum absolute atomic E-state index is 12.3. The molecule has 0 aliphatic heterocycles. The second kappa shape index (κ2) is 10.8. The number of rotatable bonds is 10. The van der Waals surface area contributed by atoms with Gasteiger partial charge in [0.15, 0.2) is 0 Å². The molecule has 8 heteroatoms. The zero-order chi connectivity index (χ0) is 23.1. The van der Waals surface area contributed by atoms with Crippen molar-refractivity contribution in [3.8, 4) is 11.1 Å². The highest BCUT2D eigenvalue weighted by Gasteiger charge is 2.29. The van der Waals surface area contributed by atoms with Gasteiger partial charge in [0.05, 0.1) is 12.5 Å². The lowest BCUT2D eigenvalue weighted by Crippen LogP contribution is -2.43. The number of carboxylic acids is 1. The molecule has 0 saturated heterocycles. The molecule has 3 rings (SSSR count). The highest BCUT2D eigenvalue weighted by atomic mass is 16.5. The number of nitrogens with one attached hydrogen (secondary N) is 2. The number of carbonyl (C=O) groups is 3. The van der Waals surface area contributed by atoms with E-state index in [1.54, 1.807) is 6.92 Å². The van der Waals surface area contributed by atoms with E-state index in [-0.39, 0.29) is 31.9 Å². The van der Waals surface area contributed by atoms with Gasteiger partial charge in [-0.3, -0.25) is 4.79 Å². The highest BCUT2D eigenvalue weighted by Crippen LogP contribution is 2.44. The van der Waals surface area contributed by atoms with Crippen LogP contribution in [0.4, 0.5) is 4.79 Å². The van der Waals surface area contributed by atoms with Crippen molar-refractivity contribution in [1.29, 1.82) is 0 Å². The second-order valence-corrected chi connectivity index (χ2v) is 7.63. The zero-order valence-corrected chi connectivity index (χ0v) is 18.2. The van der Waals surface area contributed by atoms with Gasteiger partial charge in [0.2, 0.25) is 5.91 Å². The fourth-order valence-corrected chi connectivity index (χ4v) is 3.88. The van der Waals surface area contributed by atoms with Gasteiger partial charge in [0, 0.05) is 19.6 Å². The molecule has 8 nitrogen and oxygen atoms in total. The second-order valence-electron chi connectivity index (χ2n) is 7.63. The van der Waals surface area contributed by atoms with E-state index >= 15 is 0 Å². The Morgan fingerprint density at radius 1 is 1.03 bits per heavy atom. The lowest BCUT2D eigenvalue weighted by atomic mass is 9.98.